The van der Waals surface area contributed by atoms with Crippen LogP contribution in [0.4, 0.5) is 11.6 Å². The topological polar surface area (TPSA) is 76.6 Å². The summed E-state index contributed by atoms with van der Waals surface area (Å²) in [7, 11) is 0. The van der Waals surface area contributed by atoms with Crippen molar-refractivity contribution in [2.24, 2.45) is 0 Å². The molecular formula is C22H30N4O3. The molecule has 0 saturated carbocycles. The van der Waals surface area contributed by atoms with Crippen LogP contribution in [0, 0.1) is 6.92 Å². The van der Waals surface area contributed by atoms with Gasteiger partial charge in [0.2, 0.25) is 0 Å². The fourth-order valence-corrected chi connectivity index (χ4v) is 3.42. The average Bonchev–Trinajstić information content (AvgIpc) is 3.02. The highest BCUT2D eigenvalue weighted by molar-refractivity contribution is 6.05. The van der Waals surface area contributed by atoms with Crippen molar-refractivity contribution in [2.75, 3.05) is 49.7 Å². The maximum atomic E-state index is 13.1. The Labute approximate surface area is 172 Å². The van der Waals surface area contributed by atoms with Crippen LogP contribution in [0.2, 0.25) is 0 Å². The molecule has 0 bridgehead atoms. The quantitative estimate of drug-likeness (QED) is 0.857. The van der Waals surface area contributed by atoms with Gasteiger partial charge in [0.05, 0.1) is 26.4 Å². The number of fused-ring (bicyclic) bond motifs is 1. The molecule has 1 N–H and O–H groups in total. The van der Waals surface area contributed by atoms with E-state index in [0.717, 1.165) is 42.1 Å². The third-order valence-corrected chi connectivity index (χ3v) is 4.91. The van der Waals surface area contributed by atoms with Crippen LogP contribution in [0.3, 0.4) is 0 Å². The summed E-state index contributed by atoms with van der Waals surface area (Å²) in [6, 6.07) is 5.65. The summed E-state index contributed by atoms with van der Waals surface area (Å²) in [6.07, 6.45) is 3.15. The van der Waals surface area contributed by atoms with Crippen molar-refractivity contribution >= 4 is 17.5 Å². The Morgan fingerprint density at radius 1 is 1.07 bits per heavy atom. The lowest BCUT2D eigenvalue weighted by Crippen LogP contribution is -2.37. The Balaban J connectivity index is 0.00000117. The van der Waals surface area contributed by atoms with Crippen LogP contribution in [0.15, 0.2) is 24.4 Å². The Morgan fingerprint density at radius 3 is 2.52 bits per heavy atom. The Hall–Kier alpha value is -2.51. The van der Waals surface area contributed by atoms with E-state index in [1.807, 2.05) is 39.0 Å². The first-order valence-corrected chi connectivity index (χ1v) is 10.4. The molecule has 4 rings (SSSR count). The zero-order chi connectivity index (χ0) is 20.6. The van der Waals surface area contributed by atoms with E-state index in [1.165, 1.54) is 0 Å². The van der Waals surface area contributed by atoms with Crippen molar-refractivity contribution < 1.29 is 14.3 Å². The van der Waals surface area contributed by atoms with Crippen LogP contribution < -0.4 is 10.2 Å². The number of carbonyl (C=O) groups is 1. The molecule has 0 unspecified atom stereocenters. The normalized spacial score (nSPS) is 16.2. The van der Waals surface area contributed by atoms with Crippen LogP contribution in [0.5, 0.6) is 0 Å². The zero-order valence-corrected chi connectivity index (χ0v) is 17.5. The van der Waals surface area contributed by atoms with Crippen LogP contribution in [-0.2, 0) is 22.3 Å². The molecular weight excluding hydrogens is 368 g/mol. The standard InChI is InChI=1S/C20H24N4O3.C2H6/c1-14-2-3-18(21-13-14)23-20(25)16-12-19(24-6-10-27-11-7-24)22-17-5-9-26-8-4-15(16)17;1-2/h2-3,12-13H,4-11H2,1H3,(H,21,23,25);1-2H3. The lowest BCUT2D eigenvalue weighted by atomic mass is 10.0. The number of amides is 1. The van der Waals surface area contributed by atoms with Crippen LogP contribution in [0.25, 0.3) is 0 Å². The van der Waals surface area contributed by atoms with Gasteiger partial charge in [-0.1, -0.05) is 19.9 Å². The Bertz CT molecular complexity index is 818. The first-order valence-electron chi connectivity index (χ1n) is 10.4. The molecule has 2 aromatic heterocycles. The molecule has 2 aliphatic rings. The van der Waals surface area contributed by atoms with Crippen LogP contribution in [-0.4, -0.2) is 55.4 Å². The van der Waals surface area contributed by atoms with E-state index in [2.05, 4.69) is 15.2 Å². The van der Waals surface area contributed by atoms with Gasteiger partial charge in [-0.15, -0.1) is 0 Å². The molecule has 29 heavy (non-hydrogen) atoms. The van der Waals surface area contributed by atoms with Gasteiger partial charge in [0.25, 0.3) is 5.91 Å². The third-order valence-electron chi connectivity index (χ3n) is 4.91. The fourth-order valence-electron chi connectivity index (χ4n) is 3.42. The summed E-state index contributed by atoms with van der Waals surface area (Å²) in [6.45, 7) is 10.1. The van der Waals surface area contributed by atoms with Crippen LogP contribution in [0.1, 0.15) is 41.0 Å². The van der Waals surface area contributed by atoms with Crippen molar-refractivity contribution in [1.82, 2.24) is 9.97 Å². The van der Waals surface area contributed by atoms with Gasteiger partial charge in [0.1, 0.15) is 11.6 Å². The van der Waals surface area contributed by atoms with Gasteiger partial charge in [-0.3, -0.25) is 4.79 Å². The number of carbonyl (C=O) groups excluding carboxylic acids is 1. The van der Waals surface area contributed by atoms with E-state index in [9.17, 15) is 4.79 Å². The van der Waals surface area contributed by atoms with Gasteiger partial charge in [0, 0.05) is 37.0 Å². The number of hydrogen-bond acceptors (Lipinski definition) is 6. The van der Waals surface area contributed by atoms with Crippen LogP contribution >= 0.6 is 0 Å². The second kappa shape index (κ2) is 10.3. The predicted octanol–water partition coefficient (Wildman–Crippen LogP) is 3.02. The van der Waals surface area contributed by atoms with Crippen molar-refractivity contribution in [2.45, 2.75) is 33.6 Å². The zero-order valence-electron chi connectivity index (χ0n) is 17.5. The number of nitrogens with zero attached hydrogens (tertiary/aromatic N) is 3. The van der Waals surface area contributed by atoms with Gasteiger partial charge in [0.15, 0.2) is 0 Å². The number of rotatable bonds is 3. The second-order valence-corrected chi connectivity index (χ2v) is 6.84. The molecule has 4 heterocycles. The summed E-state index contributed by atoms with van der Waals surface area (Å²) in [5, 5.41) is 2.92. The van der Waals surface area contributed by atoms with E-state index in [0.29, 0.717) is 44.2 Å². The van der Waals surface area contributed by atoms with Crippen molar-refractivity contribution in [1.29, 1.82) is 0 Å². The van der Waals surface area contributed by atoms with Gasteiger partial charge >= 0.3 is 0 Å². The highest BCUT2D eigenvalue weighted by Gasteiger charge is 2.23. The summed E-state index contributed by atoms with van der Waals surface area (Å²) in [4.78, 5) is 24.4. The molecule has 1 fully saturated rings. The maximum absolute atomic E-state index is 13.1. The number of aryl methyl sites for hydroxylation is 1. The molecule has 0 spiro atoms. The van der Waals surface area contributed by atoms with Gasteiger partial charge in [-0.2, -0.15) is 0 Å². The second-order valence-electron chi connectivity index (χ2n) is 6.84. The number of anilines is 2. The number of nitrogens with one attached hydrogen (secondary N) is 1. The molecule has 7 heteroatoms. The minimum atomic E-state index is -0.151. The minimum Gasteiger partial charge on any atom is -0.381 e. The van der Waals surface area contributed by atoms with Gasteiger partial charge in [-0.25, -0.2) is 9.97 Å². The SMILES string of the molecule is CC.Cc1ccc(NC(=O)c2cc(N3CCOCC3)nc3c2CCOCC3)nc1. The number of ether oxygens (including phenoxy) is 2. The lowest BCUT2D eigenvalue weighted by Gasteiger charge is -2.29. The average molecular weight is 399 g/mol. The molecule has 2 aliphatic heterocycles. The number of morpholine rings is 1. The predicted molar refractivity (Wildman–Crippen MR) is 114 cm³/mol. The molecule has 0 atom stereocenters. The molecule has 0 radical (unpaired) electrons. The number of hydrogen-bond donors (Lipinski definition) is 1. The van der Waals surface area contributed by atoms with Crippen molar-refractivity contribution in [3.8, 4) is 0 Å². The minimum absolute atomic E-state index is 0.151. The molecule has 2 aromatic rings. The molecule has 1 saturated heterocycles. The van der Waals surface area contributed by atoms with E-state index in [-0.39, 0.29) is 5.91 Å². The first-order chi connectivity index (χ1) is 14.2. The fraction of sp³-hybridized carbons (Fsp3) is 0.500. The first kappa shape index (κ1) is 21.2. The molecule has 156 valence electrons. The molecule has 0 aliphatic carbocycles. The van der Waals surface area contributed by atoms with E-state index < -0.39 is 0 Å². The van der Waals surface area contributed by atoms with Crippen molar-refractivity contribution in [3.05, 3.63) is 46.8 Å². The monoisotopic (exact) mass is 398 g/mol. The number of pyridine rings is 2. The molecule has 0 aromatic carbocycles. The van der Waals surface area contributed by atoms with Crippen molar-refractivity contribution in [3.63, 3.8) is 0 Å². The van der Waals surface area contributed by atoms with Gasteiger partial charge < -0.3 is 19.7 Å². The smallest absolute Gasteiger partial charge is 0.257 e. The summed E-state index contributed by atoms with van der Waals surface area (Å²) >= 11 is 0. The molecule has 7 nitrogen and oxygen atoms in total. The van der Waals surface area contributed by atoms with E-state index >= 15 is 0 Å². The molecule has 1 amide bonds. The summed E-state index contributed by atoms with van der Waals surface area (Å²) < 4.78 is 11.1. The lowest BCUT2D eigenvalue weighted by molar-refractivity contribution is 0.102. The maximum Gasteiger partial charge on any atom is 0.257 e. The van der Waals surface area contributed by atoms with Gasteiger partial charge in [-0.05, 0) is 36.6 Å². The van der Waals surface area contributed by atoms with E-state index in [4.69, 9.17) is 14.5 Å². The Kier molecular flexibility index (Phi) is 7.55. The van der Waals surface area contributed by atoms with E-state index in [1.54, 1.807) is 6.20 Å². The third kappa shape index (κ3) is 5.31. The summed E-state index contributed by atoms with van der Waals surface area (Å²) in [5.74, 6) is 1.23. The Morgan fingerprint density at radius 2 is 1.79 bits per heavy atom. The highest BCUT2D eigenvalue weighted by atomic mass is 16.5. The number of aromatic nitrogens is 2. The summed E-state index contributed by atoms with van der Waals surface area (Å²) in [5.41, 5.74) is 3.65. The largest absolute Gasteiger partial charge is 0.381 e. The highest BCUT2D eigenvalue weighted by Crippen LogP contribution is 2.25.